The predicted molar refractivity (Wildman–Crippen MR) is 134 cm³/mol. The van der Waals surface area contributed by atoms with Gasteiger partial charge in [-0.15, -0.1) is 11.3 Å². The van der Waals surface area contributed by atoms with E-state index in [1.807, 2.05) is 12.1 Å². The van der Waals surface area contributed by atoms with Gasteiger partial charge in [0.25, 0.3) is 0 Å². The average molecular weight is 449 g/mol. The highest BCUT2D eigenvalue weighted by Crippen LogP contribution is 2.20. The lowest BCUT2D eigenvalue weighted by Crippen LogP contribution is -2.45. The lowest BCUT2D eigenvalue weighted by Gasteiger charge is -2.36. The van der Waals surface area contributed by atoms with E-state index in [-0.39, 0.29) is 5.91 Å². The van der Waals surface area contributed by atoms with Crippen LogP contribution in [0, 0.1) is 0 Å². The van der Waals surface area contributed by atoms with Gasteiger partial charge in [0.15, 0.2) is 0 Å². The molecule has 2 aromatic carbocycles. The molecule has 0 radical (unpaired) electrons. The van der Waals surface area contributed by atoms with Crippen molar-refractivity contribution in [2.24, 2.45) is 0 Å². The van der Waals surface area contributed by atoms with E-state index in [9.17, 15) is 4.79 Å². The normalized spacial score (nSPS) is 14.6. The number of amides is 1. The van der Waals surface area contributed by atoms with Crippen LogP contribution >= 0.6 is 11.3 Å². The molecule has 32 heavy (non-hydrogen) atoms. The van der Waals surface area contributed by atoms with Crippen LogP contribution in [0.25, 0.3) is 0 Å². The zero-order valence-electron chi connectivity index (χ0n) is 18.7. The van der Waals surface area contributed by atoms with E-state index >= 15 is 0 Å². The Bertz CT molecular complexity index is 951. The zero-order valence-corrected chi connectivity index (χ0v) is 19.6. The highest BCUT2D eigenvalue weighted by atomic mass is 32.1. The molecule has 3 aromatic rings. The Morgan fingerprint density at radius 3 is 2.38 bits per heavy atom. The molecule has 168 valence electrons. The minimum atomic E-state index is 0.0330. The number of carbonyl (C=O) groups excluding carboxylic acids is 1. The number of piperazine rings is 1. The Labute approximate surface area is 195 Å². The number of anilines is 2. The largest absolute Gasteiger partial charge is 0.369 e. The highest BCUT2D eigenvalue weighted by molar-refractivity contribution is 7.09. The quantitative estimate of drug-likeness (QED) is 0.522. The fourth-order valence-electron chi connectivity index (χ4n) is 4.07. The van der Waals surface area contributed by atoms with E-state index < -0.39 is 0 Å². The molecular formula is C26H32N4OS. The number of carbonyl (C=O) groups is 1. The fourth-order valence-corrected chi connectivity index (χ4v) is 4.81. The standard InChI is InChI=1S/C26H32N4OS/c1-2-28(20-25-9-6-18-32-25)21-26(31)27-23-10-12-24(13-11-23)30-16-14-29(15-17-30)19-22-7-4-3-5-8-22/h3-13,18H,2,14-17,19-21H2,1H3,(H,27,31). The smallest absolute Gasteiger partial charge is 0.238 e. The average Bonchev–Trinajstić information content (AvgIpc) is 3.33. The predicted octanol–water partition coefficient (Wildman–Crippen LogP) is 4.53. The van der Waals surface area contributed by atoms with E-state index in [1.165, 1.54) is 16.1 Å². The molecule has 0 unspecified atom stereocenters. The molecule has 1 fully saturated rings. The van der Waals surface area contributed by atoms with Crippen molar-refractivity contribution in [1.29, 1.82) is 0 Å². The van der Waals surface area contributed by atoms with Gasteiger partial charge in [-0.2, -0.15) is 0 Å². The van der Waals surface area contributed by atoms with Crippen molar-refractivity contribution in [2.75, 3.05) is 49.5 Å². The van der Waals surface area contributed by atoms with Gasteiger partial charge in [-0.25, -0.2) is 0 Å². The molecule has 1 N–H and O–H groups in total. The van der Waals surface area contributed by atoms with Crippen molar-refractivity contribution in [2.45, 2.75) is 20.0 Å². The molecule has 0 atom stereocenters. The molecular weight excluding hydrogens is 416 g/mol. The Balaban J connectivity index is 1.24. The number of thiophene rings is 1. The molecule has 4 rings (SSSR count). The Kier molecular flexibility index (Phi) is 7.93. The van der Waals surface area contributed by atoms with Gasteiger partial charge in [0.2, 0.25) is 5.91 Å². The number of rotatable bonds is 9. The third-order valence-corrected chi connectivity index (χ3v) is 6.77. The van der Waals surface area contributed by atoms with Crippen LogP contribution in [0.15, 0.2) is 72.1 Å². The number of nitrogens with one attached hydrogen (secondary N) is 1. The molecule has 5 nitrogen and oxygen atoms in total. The van der Waals surface area contributed by atoms with Crippen molar-refractivity contribution >= 4 is 28.6 Å². The Morgan fingerprint density at radius 1 is 0.969 bits per heavy atom. The van der Waals surface area contributed by atoms with Crippen LogP contribution in [-0.2, 0) is 17.9 Å². The van der Waals surface area contributed by atoms with Gasteiger partial charge in [-0.3, -0.25) is 14.6 Å². The third kappa shape index (κ3) is 6.42. The minimum absolute atomic E-state index is 0.0330. The van der Waals surface area contributed by atoms with Crippen LogP contribution in [-0.4, -0.2) is 55.0 Å². The van der Waals surface area contributed by atoms with Gasteiger partial charge >= 0.3 is 0 Å². The zero-order chi connectivity index (χ0) is 22.2. The minimum Gasteiger partial charge on any atom is -0.369 e. The molecule has 1 amide bonds. The molecule has 0 saturated carbocycles. The number of nitrogens with zero attached hydrogens (tertiary/aromatic N) is 3. The van der Waals surface area contributed by atoms with Gasteiger partial charge in [0, 0.05) is 55.5 Å². The van der Waals surface area contributed by atoms with Crippen LogP contribution in [0.4, 0.5) is 11.4 Å². The number of hydrogen-bond donors (Lipinski definition) is 1. The Morgan fingerprint density at radius 2 is 1.72 bits per heavy atom. The molecule has 0 bridgehead atoms. The Hall–Kier alpha value is -2.67. The van der Waals surface area contributed by atoms with Gasteiger partial charge in [-0.1, -0.05) is 43.3 Å². The fraction of sp³-hybridized carbons (Fsp3) is 0.346. The molecule has 6 heteroatoms. The summed E-state index contributed by atoms with van der Waals surface area (Å²) < 4.78 is 0. The number of likely N-dealkylation sites (N-methyl/N-ethyl adjacent to an activating group) is 1. The van der Waals surface area contributed by atoms with Crippen LogP contribution in [0.2, 0.25) is 0 Å². The van der Waals surface area contributed by atoms with Crippen LogP contribution in [0.5, 0.6) is 0 Å². The van der Waals surface area contributed by atoms with Crippen molar-refractivity contribution < 1.29 is 4.79 Å². The summed E-state index contributed by atoms with van der Waals surface area (Å²) in [6, 6.07) is 23.1. The number of benzene rings is 2. The second kappa shape index (κ2) is 11.3. The first kappa shape index (κ1) is 22.5. The summed E-state index contributed by atoms with van der Waals surface area (Å²) in [5.41, 5.74) is 3.45. The maximum Gasteiger partial charge on any atom is 0.238 e. The molecule has 1 saturated heterocycles. The van der Waals surface area contributed by atoms with E-state index in [1.54, 1.807) is 11.3 Å². The van der Waals surface area contributed by atoms with E-state index in [0.717, 1.165) is 51.5 Å². The monoisotopic (exact) mass is 448 g/mol. The molecule has 1 aromatic heterocycles. The highest BCUT2D eigenvalue weighted by Gasteiger charge is 2.17. The first-order valence-corrected chi connectivity index (χ1v) is 12.2. The summed E-state index contributed by atoms with van der Waals surface area (Å²) in [6.45, 7) is 9.33. The topological polar surface area (TPSA) is 38.8 Å². The van der Waals surface area contributed by atoms with Crippen LogP contribution in [0.3, 0.4) is 0 Å². The first-order chi connectivity index (χ1) is 15.7. The number of hydrogen-bond acceptors (Lipinski definition) is 5. The van der Waals surface area contributed by atoms with Crippen LogP contribution < -0.4 is 10.2 Å². The second-order valence-corrected chi connectivity index (χ2v) is 9.26. The summed E-state index contributed by atoms with van der Waals surface area (Å²) in [6.07, 6.45) is 0. The molecule has 0 spiro atoms. The molecule has 1 aliphatic heterocycles. The van der Waals surface area contributed by atoms with Gasteiger partial charge in [0.05, 0.1) is 6.54 Å². The van der Waals surface area contributed by atoms with Crippen molar-refractivity contribution in [3.8, 4) is 0 Å². The van der Waals surface area contributed by atoms with Crippen molar-refractivity contribution in [1.82, 2.24) is 9.80 Å². The van der Waals surface area contributed by atoms with E-state index in [0.29, 0.717) is 6.54 Å². The third-order valence-electron chi connectivity index (χ3n) is 5.91. The van der Waals surface area contributed by atoms with E-state index in [4.69, 9.17) is 0 Å². The van der Waals surface area contributed by atoms with Gasteiger partial charge in [-0.05, 0) is 47.8 Å². The SMILES string of the molecule is CCN(CC(=O)Nc1ccc(N2CCN(Cc3ccccc3)CC2)cc1)Cc1cccs1. The molecule has 1 aliphatic rings. The summed E-state index contributed by atoms with van der Waals surface area (Å²) in [7, 11) is 0. The second-order valence-electron chi connectivity index (χ2n) is 8.23. The summed E-state index contributed by atoms with van der Waals surface area (Å²) in [5, 5.41) is 5.12. The van der Waals surface area contributed by atoms with Gasteiger partial charge < -0.3 is 10.2 Å². The summed E-state index contributed by atoms with van der Waals surface area (Å²) in [5.74, 6) is 0.0330. The maximum atomic E-state index is 12.5. The van der Waals surface area contributed by atoms with Crippen molar-refractivity contribution in [3.63, 3.8) is 0 Å². The van der Waals surface area contributed by atoms with Crippen LogP contribution in [0.1, 0.15) is 17.4 Å². The van der Waals surface area contributed by atoms with Crippen molar-refractivity contribution in [3.05, 3.63) is 82.6 Å². The van der Waals surface area contributed by atoms with E-state index in [2.05, 4.69) is 86.9 Å². The lowest BCUT2D eigenvalue weighted by atomic mass is 10.2. The first-order valence-electron chi connectivity index (χ1n) is 11.4. The lowest BCUT2D eigenvalue weighted by molar-refractivity contribution is -0.117. The molecule has 2 heterocycles. The summed E-state index contributed by atoms with van der Waals surface area (Å²) in [4.78, 5) is 20.9. The maximum absolute atomic E-state index is 12.5. The van der Waals surface area contributed by atoms with Gasteiger partial charge in [0.1, 0.15) is 0 Å². The molecule has 0 aliphatic carbocycles. The summed E-state index contributed by atoms with van der Waals surface area (Å²) >= 11 is 1.73.